The Hall–Kier alpha value is -2.15. The van der Waals surface area contributed by atoms with Crippen LogP contribution in [0.3, 0.4) is 0 Å². The molecule has 0 aliphatic carbocycles. The Bertz CT molecular complexity index is 621. The molecule has 110 valence electrons. The summed E-state index contributed by atoms with van der Waals surface area (Å²) >= 11 is 3.46. The first-order valence-electron chi connectivity index (χ1n) is 6.34. The van der Waals surface area contributed by atoms with Gasteiger partial charge in [0.2, 0.25) is 17.7 Å². The van der Waals surface area contributed by atoms with Crippen molar-refractivity contribution >= 4 is 27.8 Å². The molecule has 0 radical (unpaired) electrons. The van der Waals surface area contributed by atoms with Crippen molar-refractivity contribution in [3.05, 3.63) is 46.6 Å². The van der Waals surface area contributed by atoms with Gasteiger partial charge in [0.1, 0.15) is 0 Å². The molecule has 0 aliphatic heterocycles. The van der Waals surface area contributed by atoms with E-state index in [0.717, 1.165) is 10.0 Å². The molecule has 1 amide bonds. The van der Waals surface area contributed by atoms with Crippen LogP contribution in [0.4, 0.5) is 5.95 Å². The van der Waals surface area contributed by atoms with Gasteiger partial charge in [-0.05, 0) is 18.1 Å². The fraction of sp³-hybridized carbons (Fsp3) is 0.214. The molecule has 0 unspecified atom stereocenters. The first-order chi connectivity index (χ1) is 10.2. The highest BCUT2D eigenvalue weighted by Gasteiger charge is 2.05. The van der Waals surface area contributed by atoms with Crippen LogP contribution in [0, 0.1) is 0 Å². The molecule has 0 bridgehead atoms. The molecule has 1 aromatic carbocycles. The number of aryl methyl sites for hydroxylation is 1. The van der Waals surface area contributed by atoms with Gasteiger partial charge < -0.3 is 4.74 Å². The average Bonchev–Trinajstić information content (AvgIpc) is 2.52. The highest BCUT2D eigenvalue weighted by Crippen LogP contribution is 2.17. The fourth-order valence-corrected chi connectivity index (χ4v) is 2.14. The van der Waals surface area contributed by atoms with Crippen LogP contribution in [0.5, 0.6) is 5.88 Å². The van der Waals surface area contributed by atoms with Gasteiger partial charge in [-0.3, -0.25) is 15.6 Å². The number of hydrogen-bond donors (Lipinski definition) is 2. The molecule has 2 aromatic rings. The second-order valence-electron chi connectivity index (χ2n) is 4.19. The van der Waals surface area contributed by atoms with E-state index in [2.05, 4.69) is 36.7 Å². The molecule has 0 saturated carbocycles. The minimum atomic E-state index is -0.142. The van der Waals surface area contributed by atoms with E-state index < -0.39 is 0 Å². The summed E-state index contributed by atoms with van der Waals surface area (Å²) in [5.74, 6) is 0.565. The molecule has 2 rings (SSSR count). The summed E-state index contributed by atoms with van der Waals surface area (Å²) < 4.78 is 5.97. The summed E-state index contributed by atoms with van der Waals surface area (Å²) in [6, 6.07) is 9.45. The predicted molar refractivity (Wildman–Crippen MR) is 82.8 cm³/mol. The maximum Gasteiger partial charge on any atom is 0.245 e. The van der Waals surface area contributed by atoms with Crippen LogP contribution in [0.15, 0.2) is 41.0 Å². The third-order valence-corrected chi connectivity index (χ3v) is 3.51. The number of amides is 1. The molecule has 21 heavy (non-hydrogen) atoms. The van der Waals surface area contributed by atoms with Gasteiger partial charge in [0.15, 0.2) is 0 Å². The Labute approximate surface area is 131 Å². The van der Waals surface area contributed by atoms with E-state index in [-0.39, 0.29) is 11.9 Å². The van der Waals surface area contributed by atoms with E-state index in [4.69, 9.17) is 4.74 Å². The number of nitrogens with zero attached hydrogens (tertiary/aromatic N) is 2. The molecule has 0 fully saturated rings. The Balaban J connectivity index is 1.81. The highest BCUT2D eigenvalue weighted by atomic mass is 79.9. The number of benzene rings is 1. The van der Waals surface area contributed by atoms with Crippen molar-refractivity contribution in [3.8, 4) is 5.88 Å². The molecule has 7 heteroatoms. The van der Waals surface area contributed by atoms with Crippen LogP contribution in [-0.2, 0) is 11.2 Å². The van der Waals surface area contributed by atoms with E-state index in [9.17, 15) is 4.79 Å². The van der Waals surface area contributed by atoms with Crippen LogP contribution < -0.4 is 15.6 Å². The van der Waals surface area contributed by atoms with Crippen LogP contribution in [-0.4, -0.2) is 23.0 Å². The minimum absolute atomic E-state index is 0.142. The van der Waals surface area contributed by atoms with Gasteiger partial charge >= 0.3 is 0 Å². The molecular formula is C14H15BrN4O2. The first-order valence-corrected chi connectivity index (χ1v) is 7.13. The third-order valence-electron chi connectivity index (χ3n) is 2.73. The van der Waals surface area contributed by atoms with Crippen molar-refractivity contribution in [2.45, 2.75) is 12.8 Å². The number of anilines is 1. The Kier molecular flexibility index (Phi) is 5.51. The zero-order valence-corrected chi connectivity index (χ0v) is 13.1. The Morgan fingerprint density at radius 1 is 1.33 bits per heavy atom. The summed E-state index contributed by atoms with van der Waals surface area (Å²) in [6.07, 6.45) is 2.55. The standard InChI is InChI=1S/C14H15BrN4O2/c1-21-13-8-9-16-14(17-13)19-18-12(20)7-6-10-4-2-3-5-11(10)15/h2-5,8-9H,6-7H2,1H3,(H,18,20)(H,16,17,19). The van der Waals surface area contributed by atoms with Crippen molar-refractivity contribution in [2.75, 3.05) is 12.5 Å². The second-order valence-corrected chi connectivity index (χ2v) is 5.04. The maximum atomic E-state index is 11.8. The number of aromatic nitrogens is 2. The molecule has 1 aromatic heterocycles. The number of nitrogens with one attached hydrogen (secondary N) is 2. The number of carbonyl (C=O) groups excluding carboxylic acids is 1. The van der Waals surface area contributed by atoms with E-state index >= 15 is 0 Å². The topological polar surface area (TPSA) is 76.1 Å². The quantitative estimate of drug-likeness (QED) is 0.782. The zero-order chi connectivity index (χ0) is 15.1. The maximum absolute atomic E-state index is 11.8. The SMILES string of the molecule is COc1ccnc(NNC(=O)CCc2ccccc2Br)n1. The average molecular weight is 351 g/mol. The van der Waals surface area contributed by atoms with Crippen molar-refractivity contribution < 1.29 is 9.53 Å². The smallest absolute Gasteiger partial charge is 0.245 e. The largest absolute Gasteiger partial charge is 0.481 e. The predicted octanol–water partition coefficient (Wildman–Crippen LogP) is 2.32. The van der Waals surface area contributed by atoms with E-state index in [1.54, 1.807) is 12.3 Å². The van der Waals surface area contributed by atoms with Gasteiger partial charge in [-0.2, -0.15) is 4.98 Å². The van der Waals surface area contributed by atoms with Crippen LogP contribution in [0.25, 0.3) is 0 Å². The monoisotopic (exact) mass is 350 g/mol. The molecule has 0 spiro atoms. The highest BCUT2D eigenvalue weighted by molar-refractivity contribution is 9.10. The lowest BCUT2D eigenvalue weighted by molar-refractivity contribution is -0.120. The first kappa shape index (κ1) is 15.2. The molecule has 1 heterocycles. The number of rotatable bonds is 6. The molecule has 0 saturated heterocycles. The van der Waals surface area contributed by atoms with Crippen molar-refractivity contribution in [3.63, 3.8) is 0 Å². The second kappa shape index (κ2) is 7.58. The lowest BCUT2D eigenvalue weighted by Crippen LogP contribution is -2.30. The molecule has 0 atom stereocenters. The Morgan fingerprint density at radius 3 is 2.90 bits per heavy atom. The van der Waals surface area contributed by atoms with Crippen LogP contribution in [0.2, 0.25) is 0 Å². The number of halogens is 1. The van der Waals surface area contributed by atoms with Gasteiger partial charge in [0.05, 0.1) is 7.11 Å². The van der Waals surface area contributed by atoms with Gasteiger partial charge in [-0.1, -0.05) is 34.1 Å². The zero-order valence-electron chi connectivity index (χ0n) is 11.5. The molecule has 6 nitrogen and oxygen atoms in total. The van der Waals surface area contributed by atoms with Gasteiger partial charge in [-0.25, -0.2) is 4.98 Å². The normalized spacial score (nSPS) is 10.0. The number of ether oxygens (including phenoxy) is 1. The lowest BCUT2D eigenvalue weighted by atomic mass is 10.1. The number of methoxy groups -OCH3 is 1. The van der Waals surface area contributed by atoms with Gasteiger partial charge in [0.25, 0.3) is 0 Å². The summed E-state index contributed by atoms with van der Waals surface area (Å²) in [6.45, 7) is 0. The minimum Gasteiger partial charge on any atom is -0.481 e. The number of carbonyl (C=O) groups is 1. The van der Waals surface area contributed by atoms with Crippen LogP contribution in [0.1, 0.15) is 12.0 Å². The van der Waals surface area contributed by atoms with E-state index in [1.165, 1.54) is 7.11 Å². The summed E-state index contributed by atoms with van der Waals surface area (Å²) in [7, 11) is 1.52. The lowest BCUT2D eigenvalue weighted by Gasteiger charge is -2.08. The third kappa shape index (κ3) is 4.71. The van der Waals surface area contributed by atoms with Crippen molar-refractivity contribution in [1.29, 1.82) is 0 Å². The van der Waals surface area contributed by atoms with Crippen molar-refractivity contribution in [1.82, 2.24) is 15.4 Å². The Morgan fingerprint density at radius 2 is 2.14 bits per heavy atom. The summed E-state index contributed by atoms with van der Waals surface area (Å²) in [4.78, 5) is 19.8. The van der Waals surface area contributed by atoms with E-state index in [0.29, 0.717) is 18.7 Å². The summed E-state index contributed by atoms with van der Waals surface area (Å²) in [5.41, 5.74) is 6.30. The molecule has 2 N–H and O–H groups in total. The van der Waals surface area contributed by atoms with Gasteiger partial charge in [0, 0.05) is 23.2 Å². The van der Waals surface area contributed by atoms with E-state index in [1.807, 2.05) is 24.3 Å². The number of hydrazine groups is 1. The van der Waals surface area contributed by atoms with Crippen molar-refractivity contribution in [2.24, 2.45) is 0 Å². The van der Waals surface area contributed by atoms with Crippen LogP contribution >= 0.6 is 15.9 Å². The fourth-order valence-electron chi connectivity index (χ4n) is 1.65. The summed E-state index contributed by atoms with van der Waals surface area (Å²) in [5, 5.41) is 0. The molecule has 0 aliphatic rings. The molecular weight excluding hydrogens is 336 g/mol. The van der Waals surface area contributed by atoms with Gasteiger partial charge in [-0.15, -0.1) is 0 Å². The number of hydrogen-bond acceptors (Lipinski definition) is 5.